The van der Waals surface area contributed by atoms with E-state index < -0.39 is 15.8 Å². The van der Waals surface area contributed by atoms with Crippen LogP contribution in [0.3, 0.4) is 0 Å². The molecule has 0 amide bonds. The summed E-state index contributed by atoms with van der Waals surface area (Å²) in [6, 6.07) is 0. The first-order chi connectivity index (χ1) is 6.98. The van der Waals surface area contributed by atoms with E-state index in [-0.39, 0.29) is 13.0 Å². The molecule has 0 aliphatic heterocycles. The van der Waals surface area contributed by atoms with E-state index in [1.165, 1.54) is 0 Å². The summed E-state index contributed by atoms with van der Waals surface area (Å²) in [7, 11) is 0. The Labute approximate surface area is 111 Å². The molecule has 0 rings (SSSR count). The Morgan fingerprint density at radius 1 is 1.13 bits per heavy atom. The summed E-state index contributed by atoms with van der Waals surface area (Å²) in [6.07, 6.45) is 0.241. The summed E-state index contributed by atoms with van der Waals surface area (Å²) in [6.45, 7) is 0.282. The molecule has 0 spiro atoms. The Morgan fingerprint density at radius 2 is 1.73 bits per heavy atom. The van der Waals surface area contributed by atoms with Crippen molar-refractivity contribution < 1.29 is 14.3 Å². The van der Waals surface area contributed by atoms with Gasteiger partial charge in [-0.3, -0.25) is 9.59 Å². The Hall–Kier alpha value is 0.700. The topological polar surface area (TPSA) is 43.4 Å². The van der Waals surface area contributed by atoms with Gasteiger partial charge >= 0.3 is 0 Å². The quantitative estimate of drug-likeness (QED) is 0.509. The number of ether oxygens (including phenoxy) is 1. The maximum atomic E-state index is 11.4. The van der Waals surface area contributed by atoms with E-state index in [0.29, 0.717) is 17.9 Å². The molecule has 0 heterocycles. The van der Waals surface area contributed by atoms with E-state index in [2.05, 4.69) is 50.5 Å². The van der Waals surface area contributed by atoms with Gasteiger partial charge in [0, 0.05) is 5.75 Å². The van der Waals surface area contributed by atoms with Crippen LogP contribution in [0, 0.1) is 0 Å². The van der Waals surface area contributed by atoms with E-state index in [0.717, 1.165) is 0 Å². The summed E-state index contributed by atoms with van der Waals surface area (Å²) in [4.78, 5) is 22.3. The predicted molar refractivity (Wildman–Crippen MR) is 73.6 cm³/mol. The first kappa shape index (κ1) is 15.7. The van der Waals surface area contributed by atoms with Crippen molar-refractivity contribution in [2.45, 2.75) is 18.4 Å². The Balaban J connectivity index is 4.71. The fourth-order valence-corrected chi connectivity index (χ4v) is 2.09. The molecule has 0 aliphatic rings. The minimum absolute atomic E-state index is 0.0905. The molecule has 0 aromatic rings. The standard InChI is InChI=1S/C8H14O3S4/c9-6(14)5-8(1-3-12,7(10)15)11-2-4-13/h12-13H,1-5H2,(H,9,14)(H,10,15). The molecule has 15 heavy (non-hydrogen) atoms. The molecule has 3 nitrogen and oxygen atoms in total. The van der Waals surface area contributed by atoms with Crippen LogP contribution in [-0.4, -0.2) is 33.9 Å². The third-order valence-electron chi connectivity index (χ3n) is 1.81. The summed E-state index contributed by atoms with van der Waals surface area (Å²) < 4.78 is 5.37. The van der Waals surface area contributed by atoms with E-state index in [1.807, 2.05) is 0 Å². The van der Waals surface area contributed by atoms with Crippen molar-refractivity contribution in [1.82, 2.24) is 0 Å². The fraction of sp³-hybridized carbons (Fsp3) is 0.750. The van der Waals surface area contributed by atoms with Crippen molar-refractivity contribution >= 4 is 60.7 Å². The molecule has 7 heteroatoms. The van der Waals surface area contributed by atoms with Crippen LogP contribution in [0.15, 0.2) is 0 Å². The lowest BCUT2D eigenvalue weighted by Crippen LogP contribution is -2.41. The van der Waals surface area contributed by atoms with E-state index in [4.69, 9.17) is 4.74 Å². The molecule has 0 aromatic heterocycles. The van der Waals surface area contributed by atoms with Crippen LogP contribution >= 0.6 is 50.5 Å². The van der Waals surface area contributed by atoms with E-state index >= 15 is 0 Å². The predicted octanol–water partition coefficient (Wildman–Crippen LogP) is 1.29. The zero-order valence-corrected chi connectivity index (χ0v) is 11.6. The Kier molecular flexibility index (Phi) is 8.26. The SMILES string of the molecule is O=C(S)CC(CCS)(OCCS)C(=O)S. The zero-order valence-electron chi connectivity index (χ0n) is 8.05. The lowest BCUT2D eigenvalue weighted by atomic mass is 9.98. The van der Waals surface area contributed by atoms with Crippen LogP contribution in [0.25, 0.3) is 0 Å². The van der Waals surface area contributed by atoms with Crippen LogP contribution in [-0.2, 0) is 14.3 Å². The van der Waals surface area contributed by atoms with E-state index in [1.54, 1.807) is 0 Å². The third kappa shape index (κ3) is 5.53. The maximum Gasteiger partial charge on any atom is 0.218 e. The van der Waals surface area contributed by atoms with Gasteiger partial charge in [0.15, 0.2) is 5.12 Å². The van der Waals surface area contributed by atoms with E-state index in [9.17, 15) is 9.59 Å². The van der Waals surface area contributed by atoms with Crippen LogP contribution < -0.4 is 0 Å². The van der Waals surface area contributed by atoms with Crippen molar-refractivity contribution in [3.63, 3.8) is 0 Å². The highest BCUT2D eigenvalue weighted by Crippen LogP contribution is 2.26. The largest absolute Gasteiger partial charge is 0.365 e. The summed E-state index contributed by atoms with van der Waals surface area (Å²) in [5.41, 5.74) is -1.20. The van der Waals surface area contributed by atoms with Gasteiger partial charge in [-0.25, -0.2) is 0 Å². The van der Waals surface area contributed by atoms with Crippen LogP contribution in [0.2, 0.25) is 0 Å². The van der Waals surface area contributed by atoms with Crippen LogP contribution in [0.1, 0.15) is 12.8 Å². The van der Waals surface area contributed by atoms with Crippen molar-refractivity contribution in [1.29, 1.82) is 0 Å². The molecule has 0 saturated carbocycles. The molecule has 0 aliphatic carbocycles. The van der Waals surface area contributed by atoms with Crippen molar-refractivity contribution in [3.05, 3.63) is 0 Å². The minimum atomic E-state index is -1.20. The van der Waals surface area contributed by atoms with Gasteiger partial charge in [0.25, 0.3) is 0 Å². The summed E-state index contributed by atoms with van der Waals surface area (Å²) in [5, 5.41) is -0.876. The van der Waals surface area contributed by atoms with Gasteiger partial charge in [0.05, 0.1) is 13.0 Å². The van der Waals surface area contributed by atoms with Crippen LogP contribution in [0.5, 0.6) is 0 Å². The number of hydrogen-bond donors (Lipinski definition) is 4. The average Bonchev–Trinajstić information content (AvgIpc) is 2.13. The molecular weight excluding hydrogens is 272 g/mol. The number of rotatable bonds is 8. The average molecular weight is 286 g/mol. The summed E-state index contributed by atoms with van der Waals surface area (Å²) in [5.74, 6) is 0.899. The second-order valence-electron chi connectivity index (χ2n) is 2.92. The molecule has 0 bridgehead atoms. The Bertz CT molecular complexity index is 234. The molecule has 0 saturated heterocycles. The molecule has 1 atom stereocenters. The highest BCUT2D eigenvalue weighted by atomic mass is 32.1. The second kappa shape index (κ2) is 7.89. The lowest BCUT2D eigenvalue weighted by Gasteiger charge is -2.29. The monoisotopic (exact) mass is 286 g/mol. The second-order valence-corrected chi connectivity index (χ2v) is 4.72. The number of carbonyl (C=O) groups excluding carboxylic acids is 2. The van der Waals surface area contributed by atoms with Gasteiger partial charge in [-0.05, 0) is 12.2 Å². The van der Waals surface area contributed by atoms with Gasteiger partial charge in [0.2, 0.25) is 5.12 Å². The number of thiol groups is 4. The molecule has 1 unspecified atom stereocenters. The number of hydrogen-bond acceptors (Lipinski definition) is 5. The van der Waals surface area contributed by atoms with Gasteiger partial charge < -0.3 is 4.74 Å². The molecule has 88 valence electrons. The normalized spacial score (nSPS) is 14.7. The first-order valence-electron chi connectivity index (χ1n) is 4.29. The maximum absolute atomic E-state index is 11.4. The molecule has 0 fully saturated rings. The van der Waals surface area contributed by atoms with Crippen molar-refractivity contribution in [3.8, 4) is 0 Å². The van der Waals surface area contributed by atoms with Gasteiger partial charge in [-0.15, -0.1) is 25.3 Å². The summed E-state index contributed by atoms with van der Waals surface area (Å²) >= 11 is 15.4. The molecular formula is C8H14O3S4. The van der Waals surface area contributed by atoms with Crippen molar-refractivity contribution in [2.75, 3.05) is 18.1 Å². The van der Waals surface area contributed by atoms with Gasteiger partial charge in [-0.1, -0.05) is 0 Å². The van der Waals surface area contributed by atoms with Gasteiger partial charge in [0.1, 0.15) is 5.60 Å². The minimum Gasteiger partial charge on any atom is -0.365 e. The van der Waals surface area contributed by atoms with Crippen LogP contribution in [0.4, 0.5) is 0 Å². The highest BCUT2D eigenvalue weighted by Gasteiger charge is 2.38. The molecule has 0 N–H and O–H groups in total. The highest BCUT2D eigenvalue weighted by molar-refractivity contribution is 7.97. The Morgan fingerprint density at radius 3 is 2.07 bits per heavy atom. The number of carbonyl (C=O) groups is 2. The smallest absolute Gasteiger partial charge is 0.218 e. The first-order valence-corrected chi connectivity index (χ1v) is 6.45. The fourth-order valence-electron chi connectivity index (χ4n) is 1.12. The van der Waals surface area contributed by atoms with Crippen molar-refractivity contribution in [2.24, 2.45) is 0 Å². The lowest BCUT2D eigenvalue weighted by molar-refractivity contribution is -0.139. The van der Waals surface area contributed by atoms with Gasteiger partial charge in [-0.2, -0.15) is 25.3 Å². The molecule has 0 radical (unpaired) electrons. The zero-order chi connectivity index (χ0) is 11.9. The molecule has 0 aromatic carbocycles. The third-order valence-corrected chi connectivity index (χ3v) is 2.78.